The Kier molecular flexibility index (Phi) is 4.29. The first kappa shape index (κ1) is 13.0. The summed E-state index contributed by atoms with van der Waals surface area (Å²) in [4.78, 5) is 24.4. The number of hydrogen-bond acceptors (Lipinski definition) is 3. The van der Waals surface area contributed by atoms with E-state index in [4.69, 9.17) is 0 Å². The maximum Gasteiger partial charge on any atom is 0.217 e. The molecule has 0 aliphatic carbocycles. The Morgan fingerprint density at radius 1 is 1.06 bits per heavy atom. The molecule has 0 aromatic rings. The maximum absolute atomic E-state index is 11.1. The van der Waals surface area contributed by atoms with Gasteiger partial charge in [0.05, 0.1) is 12.1 Å². The minimum atomic E-state index is -0.0500. The zero-order chi connectivity index (χ0) is 12.3. The second kappa shape index (κ2) is 5.30. The smallest absolute Gasteiger partial charge is 0.217 e. The summed E-state index contributed by atoms with van der Waals surface area (Å²) in [5.74, 6) is -0.100. The average Bonchev–Trinajstić information content (AvgIpc) is 2.46. The van der Waals surface area contributed by atoms with E-state index in [0.717, 1.165) is 13.1 Å². The highest BCUT2D eigenvalue weighted by Crippen LogP contribution is 2.13. The monoisotopic (exact) mass is 227 g/mol. The maximum atomic E-state index is 11.1. The van der Waals surface area contributed by atoms with Gasteiger partial charge in [-0.2, -0.15) is 0 Å². The van der Waals surface area contributed by atoms with E-state index < -0.39 is 0 Å². The van der Waals surface area contributed by atoms with Crippen LogP contribution < -0.4 is 10.6 Å². The molecule has 92 valence electrons. The molecule has 1 aliphatic rings. The molecular formula is C11H21N3O2. The van der Waals surface area contributed by atoms with Crippen molar-refractivity contribution in [3.63, 3.8) is 0 Å². The average molecular weight is 227 g/mol. The van der Waals surface area contributed by atoms with Gasteiger partial charge in [0, 0.05) is 33.0 Å². The van der Waals surface area contributed by atoms with Gasteiger partial charge in [0.1, 0.15) is 0 Å². The van der Waals surface area contributed by atoms with Gasteiger partial charge in [-0.15, -0.1) is 0 Å². The van der Waals surface area contributed by atoms with E-state index in [9.17, 15) is 9.59 Å². The zero-order valence-corrected chi connectivity index (χ0v) is 10.4. The molecule has 2 atom stereocenters. The van der Waals surface area contributed by atoms with E-state index in [-0.39, 0.29) is 23.9 Å². The Hall–Kier alpha value is -1.10. The van der Waals surface area contributed by atoms with Gasteiger partial charge in [-0.1, -0.05) is 0 Å². The van der Waals surface area contributed by atoms with Crippen molar-refractivity contribution < 1.29 is 9.59 Å². The molecule has 0 saturated carbocycles. The van der Waals surface area contributed by atoms with Crippen LogP contribution in [0.3, 0.4) is 0 Å². The Balaban J connectivity index is 2.63. The van der Waals surface area contributed by atoms with E-state index in [1.54, 1.807) is 0 Å². The van der Waals surface area contributed by atoms with Gasteiger partial charge in [0.2, 0.25) is 11.8 Å². The lowest BCUT2D eigenvalue weighted by Gasteiger charge is -2.19. The van der Waals surface area contributed by atoms with Crippen molar-refractivity contribution in [3.05, 3.63) is 0 Å². The van der Waals surface area contributed by atoms with Gasteiger partial charge in [0.15, 0.2) is 0 Å². The summed E-state index contributed by atoms with van der Waals surface area (Å²) in [5.41, 5.74) is 0. The van der Waals surface area contributed by atoms with Crippen LogP contribution in [0.4, 0.5) is 0 Å². The number of amides is 2. The first-order chi connectivity index (χ1) is 7.40. The number of nitrogens with one attached hydrogen (secondary N) is 2. The summed E-state index contributed by atoms with van der Waals surface area (Å²) in [7, 11) is 0. The first-order valence-electron chi connectivity index (χ1n) is 5.68. The number of likely N-dealkylation sites (tertiary alicyclic amines) is 1. The van der Waals surface area contributed by atoms with Crippen LogP contribution >= 0.6 is 0 Å². The highest BCUT2D eigenvalue weighted by molar-refractivity contribution is 5.75. The molecule has 5 heteroatoms. The van der Waals surface area contributed by atoms with Crippen LogP contribution in [-0.2, 0) is 9.59 Å². The van der Waals surface area contributed by atoms with E-state index in [1.807, 2.05) is 0 Å². The Morgan fingerprint density at radius 2 is 1.44 bits per heavy atom. The summed E-state index contributed by atoms with van der Waals surface area (Å²) < 4.78 is 0. The largest absolute Gasteiger partial charge is 0.350 e. The third-order valence-corrected chi connectivity index (χ3v) is 2.86. The van der Waals surface area contributed by atoms with Crippen LogP contribution in [-0.4, -0.2) is 47.9 Å². The highest BCUT2D eigenvalue weighted by Gasteiger charge is 2.34. The molecule has 0 bridgehead atoms. The molecule has 1 aliphatic heterocycles. The van der Waals surface area contributed by atoms with Crippen LogP contribution in [0, 0.1) is 0 Å². The molecule has 16 heavy (non-hydrogen) atoms. The molecule has 1 heterocycles. The first-order valence-corrected chi connectivity index (χ1v) is 5.68. The molecule has 2 N–H and O–H groups in total. The summed E-state index contributed by atoms with van der Waals surface area (Å²) in [6.07, 6.45) is 0. The number of nitrogens with zero attached hydrogens (tertiary/aromatic N) is 1. The molecule has 0 unspecified atom stereocenters. The fourth-order valence-corrected chi connectivity index (χ4v) is 2.07. The quantitative estimate of drug-likeness (QED) is 0.697. The van der Waals surface area contributed by atoms with Crippen molar-refractivity contribution in [2.75, 3.05) is 13.1 Å². The predicted molar refractivity (Wildman–Crippen MR) is 61.9 cm³/mol. The Bertz CT molecular complexity index is 254. The van der Waals surface area contributed by atoms with Crippen molar-refractivity contribution in [2.24, 2.45) is 0 Å². The van der Waals surface area contributed by atoms with Crippen molar-refractivity contribution in [1.29, 1.82) is 0 Å². The minimum absolute atomic E-state index is 0.0174. The lowest BCUT2D eigenvalue weighted by atomic mass is 10.1. The number of carbonyl (C=O) groups excluding carboxylic acids is 2. The van der Waals surface area contributed by atoms with Crippen LogP contribution in [0.15, 0.2) is 0 Å². The number of rotatable bonds is 3. The van der Waals surface area contributed by atoms with E-state index in [0.29, 0.717) is 6.04 Å². The third kappa shape index (κ3) is 3.48. The number of carbonyl (C=O) groups is 2. The van der Waals surface area contributed by atoms with Gasteiger partial charge in [-0.3, -0.25) is 14.5 Å². The molecular weight excluding hydrogens is 206 g/mol. The Morgan fingerprint density at radius 3 is 1.69 bits per heavy atom. The summed E-state index contributed by atoms with van der Waals surface area (Å²) >= 11 is 0. The van der Waals surface area contributed by atoms with E-state index in [2.05, 4.69) is 29.4 Å². The van der Waals surface area contributed by atoms with Crippen LogP contribution in [0.2, 0.25) is 0 Å². The van der Waals surface area contributed by atoms with Crippen molar-refractivity contribution in [1.82, 2.24) is 15.5 Å². The molecule has 0 aromatic heterocycles. The molecule has 0 radical (unpaired) electrons. The van der Waals surface area contributed by atoms with Crippen LogP contribution in [0.1, 0.15) is 27.7 Å². The van der Waals surface area contributed by atoms with Crippen LogP contribution in [0.25, 0.3) is 0 Å². The molecule has 1 fully saturated rings. The van der Waals surface area contributed by atoms with E-state index in [1.165, 1.54) is 13.8 Å². The molecule has 1 saturated heterocycles. The third-order valence-electron chi connectivity index (χ3n) is 2.86. The molecule has 1 rings (SSSR count). The van der Waals surface area contributed by atoms with Gasteiger partial charge >= 0.3 is 0 Å². The zero-order valence-electron chi connectivity index (χ0n) is 10.4. The van der Waals surface area contributed by atoms with Crippen molar-refractivity contribution in [2.45, 2.75) is 45.8 Å². The minimum Gasteiger partial charge on any atom is -0.350 e. The second-order valence-electron chi connectivity index (χ2n) is 4.66. The molecule has 0 spiro atoms. The van der Waals surface area contributed by atoms with E-state index >= 15 is 0 Å². The Labute approximate surface area is 96.6 Å². The SMILES string of the molecule is CC(=O)N[C@@H]1CN(C(C)C)C[C@H]1NC(C)=O. The normalized spacial score (nSPS) is 25.8. The second-order valence-corrected chi connectivity index (χ2v) is 4.66. The molecule has 5 nitrogen and oxygen atoms in total. The standard InChI is InChI=1S/C11H21N3O2/c1-7(2)14-5-10(12-8(3)15)11(6-14)13-9(4)16/h7,10-11H,5-6H2,1-4H3,(H,12,15)(H,13,16)/t10-,11-/m1/s1. The van der Waals surface area contributed by atoms with Crippen molar-refractivity contribution in [3.8, 4) is 0 Å². The fourth-order valence-electron chi connectivity index (χ4n) is 2.07. The van der Waals surface area contributed by atoms with Gasteiger partial charge in [-0.25, -0.2) is 0 Å². The highest BCUT2D eigenvalue weighted by atomic mass is 16.2. The lowest BCUT2D eigenvalue weighted by Crippen LogP contribution is -2.49. The number of hydrogen-bond donors (Lipinski definition) is 2. The molecule has 2 amide bonds. The lowest BCUT2D eigenvalue weighted by molar-refractivity contribution is -0.122. The topological polar surface area (TPSA) is 61.4 Å². The summed E-state index contributed by atoms with van der Waals surface area (Å²) in [6.45, 7) is 8.82. The van der Waals surface area contributed by atoms with Gasteiger partial charge in [0.25, 0.3) is 0 Å². The van der Waals surface area contributed by atoms with Crippen LogP contribution in [0.5, 0.6) is 0 Å². The molecule has 0 aromatic carbocycles. The van der Waals surface area contributed by atoms with Gasteiger partial charge < -0.3 is 10.6 Å². The fraction of sp³-hybridized carbons (Fsp3) is 0.818. The van der Waals surface area contributed by atoms with Gasteiger partial charge in [-0.05, 0) is 13.8 Å². The van der Waals surface area contributed by atoms with Crippen molar-refractivity contribution >= 4 is 11.8 Å². The predicted octanol–water partition coefficient (Wildman–Crippen LogP) is -0.280. The summed E-state index contributed by atoms with van der Waals surface area (Å²) in [5, 5.41) is 5.77. The summed E-state index contributed by atoms with van der Waals surface area (Å²) in [6, 6.07) is 0.461.